The van der Waals surface area contributed by atoms with E-state index in [1.54, 1.807) is 0 Å². The number of nitrogens with one attached hydrogen (secondary N) is 1. The predicted molar refractivity (Wildman–Crippen MR) is 69.9 cm³/mol. The minimum atomic E-state index is -0.433. The van der Waals surface area contributed by atoms with E-state index in [4.69, 9.17) is 4.74 Å². The van der Waals surface area contributed by atoms with Gasteiger partial charge in [-0.15, -0.1) is 0 Å². The van der Waals surface area contributed by atoms with Gasteiger partial charge in [-0.2, -0.15) is 0 Å². The van der Waals surface area contributed by atoms with E-state index in [1.807, 2.05) is 20.8 Å². The van der Waals surface area contributed by atoms with Gasteiger partial charge in [-0.3, -0.25) is 0 Å². The van der Waals surface area contributed by atoms with E-state index in [0.29, 0.717) is 5.92 Å². The maximum Gasteiger partial charge on any atom is 0.408 e. The average molecular weight is 239 g/mol. The van der Waals surface area contributed by atoms with Gasteiger partial charge in [0.05, 0.1) is 6.04 Å². The monoisotopic (exact) mass is 239 g/mol. The number of carbonyl (C=O) groups excluding carboxylic acids is 1. The molecule has 0 aromatic rings. The Morgan fingerprint density at radius 2 is 1.94 bits per heavy atom. The molecule has 2 unspecified atom stereocenters. The lowest BCUT2D eigenvalue weighted by atomic mass is 10.0. The second-order valence-corrected chi connectivity index (χ2v) is 6.17. The highest BCUT2D eigenvalue weighted by atomic mass is 16.6. The van der Waals surface area contributed by atoms with E-state index < -0.39 is 5.60 Å². The number of allylic oxidation sites excluding steroid dienone is 1. The lowest BCUT2D eigenvalue weighted by Crippen LogP contribution is -2.41. The molecule has 0 radical (unpaired) electrons. The summed E-state index contributed by atoms with van der Waals surface area (Å²) in [7, 11) is 0. The molecule has 0 saturated heterocycles. The Hall–Kier alpha value is -0.990. The largest absolute Gasteiger partial charge is 0.444 e. The number of ether oxygens (including phenoxy) is 1. The first-order chi connectivity index (χ1) is 7.70. The van der Waals surface area contributed by atoms with Crippen LogP contribution < -0.4 is 5.32 Å². The maximum absolute atomic E-state index is 11.8. The zero-order valence-electron chi connectivity index (χ0n) is 11.9. The first-order valence-electron chi connectivity index (χ1n) is 6.36. The molecule has 1 fully saturated rings. The second kappa shape index (κ2) is 5.11. The van der Waals surface area contributed by atoms with Crippen LogP contribution in [0.2, 0.25) is 0 Å². The molecule has 98 valence electrons. The van der Waals surface area contributed by atoms with Crippen LogP contribution in [0.1, 0.15) is 54.4 Å². The lowest BCUT2D eigenvalue weighted by Gasteiger charge is -2.24. The summed E-state index contributed by atoms with van der Waals surface area (Å²) in [5.41, 5.74) is 2.25. The summed E-state index contributed by atoms with van der Waals surface area (Å²) >= 11 is 0. The van der Waals surface area contributed by atoms with Crippen LogP contribution in [0.4, 0.5) is 4.79 Å². The number of hydrogen-bond donors (Lipinski definition) is 1. The quantitative estimate of drug-likeness (QED) is 0.709. The van der Waals surface area contributed by atoms with Crippen molar-refractivity contribution in [3.63, 3.8) is 0 Å². The number of amides is 1. The van der Waals surface area contributed by atoms with Crippen molar-refractivity contribution in [2.24, 2.45) is 5.92 Å². The van der Waals surface area contributed by atoms with Gasteiger partial charge in [0.15, 0.2) is 0 Å². The van der Waals surface area contributed by atoms with Crippen molar-refractivity contribution in [3.05, 3.63) is 11.1 Å². The van der Waals surface area contributed by atoms with Crippen LogP contribution in [0.15, 0.2) is 11.1 Å². The Balaban J connectivity index is 2.67. The standard InChI is InChI=1S/C14H25NO2/c1-9(2)11-8-7-10(3)12(11)15-13(16)17-14(4,5)6/h10,12H,7-8H2,1-6H3,(H,15,16). The van der Waals surface area contributed by atoms with E-state index in [1.165, 1.54) is 11.1 Å². The number of carbonyl (C=O) groups is 1. The predicted octanol–water partition coefficient (Wildman–Crippen LogP) is 3.65. The van der Waals surface area contributed by atoms with Crippen molar-refractivity contribution in [1.82, 2.24) is 5.32 Å². The second-order valence-electron chi connectivity index (χ2n) is 6.17. The van der Waals surface area contributed by atoms with Crippen LogP contribution in [-0.4, -0.2) is 17.7 Å². The molecule has 0 aromatic carbocycles. The Labute approximate surface area is 105 Å². The summed E-state index contributed by atoms with van der Waals surface area (Å²) in [6.07, 6.45) is 1.92. The van der Waals surface area contributed by atoms with E-state index in [0.717, 1.165) is 12.8 Å². The highest BCUT2D eigenvalue weighted by Crippen LogP contribution is 2.32. The first kappa shape index (κ1) is 14.1. The molecular weight excluding hydrogens is 214 g/mol. The molecule has 3 nitrogen and oxygen atoms in total. The topological polar surface area (TPSA) is 38.3 Å². The van der Waals surface area contributed by atoms with Gasteiger partial charge in [0.2, 0.25) is 0 Å². The van der Waals surface area contributed by atoms with Crippen molar-refractivity contribution in [1.29, 1.82) is 0 Å². The van der Waals surface area contributed by atoms with Gasteiger partial charge >= 0.3 is 6.09 Å². The molecule has 3 heteroatoms. The molecule has 2 atom stereocenters. The van der Waals surface area contributed by atoms with Gasteiger partial charge in [0.25, 0.3) is 0 Å². The van der Waals surface area contributed by atoms with Crippen molar-refractivity contribution >= 4 is 6.09 Å². The van der Waals surface area contributed by atoms with E-state index in [9.17, 15) is 4.79 Å². The van der Waals surface area contributed by atoms with Crippen LogP contribution >= 0.6 is 0 Å². The zero-order chi connectivity index (χ0) is 13.2. The third-order valence-corrected chi connectivity index (χ3v) is 3.13. The Bertz CT molecular complexity index is 322. The van der Waals surface area contributed by atoms with Gasteiger partial charge in [-0.25, -0.2) is 4.79 Å². The summed E-state index contributed by atoms with van der Waals surface area (Å²) in [5, 5.41) is 3.00. The summed E-state index contributed by atoms with van der Waals surface area (Å²) in [6, 6.07) is 0.148. The average Bonchev–Trinajstić information content (AvgIpc) is 2.44. The van der Waals surface area contributed by atoms with Crippen molar-refractivity contribution in [2.75, 3.05) is 0 Å². The van der Waals surface area contributed by atoms with Crippen LogP contribution in [0.3, 0.4) is 0 Å². The fraction of sp³-hybridized carbons (Fsp3) is 0.786. The smallest absolute Gasteiger partial charge is 0.408 e. The summed E-state index contributed by atoms with van der Waals surface area (Å²) in [5.74, 6) is 0.493. The normalized spacial score (nSPS) is 24.7. The third-order valence-electron chi connectivity index (χ3n) is 3.13. The zero-order valence-corrected chi connectivity index (χ0v) is 11.9. The minimum Gasteiger partial charge on any atom is -0.444 e. The van der Waals surface area contributed by atoms with Gasteiger partial charge < -0.3 is 10.1 Å². The molecule has 0 bridgehead atoms. The van der Waals surface area contributed by atoms with E-state index in [-0.39, 0.29) is 12.1 Å². The summed E-state index contributed by atoms with van der Waals surface area (Å²) < 4.78 is 5.30. The third kappa shape index (κ3) is 4.06. The molecule has 1 aliphatic rings. The number of alkyl carbamates (subject to hydrolysis) is 1. The molecular formula is C14H25NO2. The van der Waals surface area contributed by atoms with Crippen LogP contribution in [0.5, 0.6) is 0 Å². The van der Waals surface area contributed by atoms with Crippen molar-refractivity contribution < 1.29 is 9.53 Å². The van der Waals surface area contributed by atoms with Crippen molar-refractivity contribution in [2.45, 2.75) is 66.0 Å². The Morgan fingerprint density at radius 1 is 1.35 bits per heavy atom. The molecule has 17 heavy (non-hydrogen) atoms. The van der Waals surface area contributed by atoms with Crippen LogP contribution in [0.25, 0.3) is 0 Å². The van der Waals surface area contributed by atoms with Crippen molar-refractivity contribution in [3.8, 4) is 0 Å². The highest BCUT2D eigenvalue weighted by Gasteiger charge is 2.31. The molecule has 1 rings (SSSR count). The number of hydrogen-bond acceptors (Lipinski definition) is 2. The fourth-order valence-electron chi connectivity index (χ4n) is 2.27. The SMILES string of the molecule is CC(C)=C1CCC(C)C1NC(=O)OC(C)(C)C. The molecule has 1 amide bonds. The summed E-state index contributed by atoms with van der Waals surface area (Å²) in [6.45, 7) is 12.0. The van der Waals surface area contributed by atoms with E-state index in [2.05, 4.69) is 26.1 Å². The van der Waals surface area contributed by atoms with Gasteiger partial charge in [-0.05, 0) is 59.0 Å². The van der Waals surface area contributed by atoms with Gasteiger partial charge in [0.1, 0.15) is 5.60 Å². The molecule has 1 aliphatic carbocycles. The molecule has 0 aliphatic heterocycles. The minimum absolute atomic E-state index is 0.148. The highest BCUT2D eigenvalue weighted by molar-refractivity contribution is 5.69. The lowest BCUT2D eigenvalue weighted by molar-refractivity contribution is 0.0504. The Kier molecular flexibility index (Phi) is 4.23. The Morgan fingerprint density at radius 3 is 2.41 bits per heavy atom. The fourth-order valence-corrected chi connectivity index (χ4v) is 2.27. The van der Waals surface area contributed by atoms with Gasteiger partial charge in [0, 0.05) is 0 Å². The molecule has 0 heterocycles. The maximum atomic E-state index is 11.8. The van der Waals surface area contributed by atoms with Gasteiger partial charge in [-0.1, -0.05) is 12.5 Å². The molecule has 0 spiro atoms. The van der Waals surface area contributed by atoms with E-state index >= 15 is 0 Å². The number of rotatable bonds is 1. The molecule has 0 aromatic heterocycles. The molecule has 1 saturated carbocycles. The van der Waals surface area contributed by atoms with Crippen LogP contribution in [-0.2, 0) is 4.74 Å². The molecule has 1 N–H and O–H groups in total. The van der Waals surface area contributed by atoms with Crippen LogP contribution in [0, 0.1) is 5.92 Å². The first-order valence-corrected chi connectivity index (χ1v) is 6.36. The summed E-state index contributed by atoms with van der Waals surface area (Å²) in [4.78, 5) is 11.8.